The Kier molecular flexibility index (Phi) is 3.89. The number of likely N-dealkylation sites (tertiary alicyclic amines) is 1. The normalized spacial score (nSPS) is 16.6. The van der Waals surface area contributed by atoms with Crippen molar-refractivity contribution in [3.05, 3.63) is 32.5 Å². The van der Waals surface area contributed by atoms with Crippen LogP contribution >= 0.6 is 27.3 Å². The summed E-state index contributed by atoms with van der Waals surface area (Å²) < 4.78 is 6.20. The van der Waals surface area contributed by atoms with Crippen LogP contribution in [0.25, 0.3) is 0 Å². The molecule has 0 saturated carbocycles. The van der Waals surface area contributed by atoms with Gasteiger partial charge >= 0.3 is 0 Å². The number of nitrogens with zero attached hydrogens (tertiary/aromatic N) is 3. The monoisotopic (exact) mass is 355 g/mol. The van der Waals surface area contributed by atoms with Gasteiger partial charge in [-0.3, -0.25) is 4.79 Å². The van der Waals surface area contributed by atoms with E-state index in [1.54, 1.807) is 0 Å². The maximum Gasteiger partial charge on any atom is 0.263 e. The first-order valence-electron chi connectivity index (χ1n) is 6.48. The van der Waals surface area contributed by atoms with E-state index in [-0.39, 0.29) is 11.8 Å². The van der Waals surface area contributed by atoms with Gasteiger partial charge in [-0.15, -0.1) is 11.3 Å². The highest BCUT2D eigenvalue weighted by molar-refractivity contribution is 9.11. The Morgan fingerprint density at radius 3 is 2.75 bits per heavy atom. The number of thiophene rings is 1. The zero-order chi connectivity index (χ0) is 14.1. The molecule has 7 heteroatoms. The van der Waals surface area contributed by atoms with Gasteiger partial charge in [0.15, 0.2) is 5.82 Å². The summed E-state index contributed by atoms with van der Waals surface area (Å²) in [7, 11) is 0. The second kappa shape index (κ2) is 5.65. The Labute approximate surface area is 129 Å². The fraction of sp³-hybridized carbons (Fsp3) is 0.462. The van der Waals surface area contributed by atoms with Crippen LogP contribution in [0.15, 0.2) is 20.4 Å². The Balaban J connectivity index is 1.62. The van der Waals surface area contributed by atoms with Crippen molar-refractivity contribution < 1.29 is 9.32 Å². The lowest BCUT2D eigenvalue weighted by Gasteiger charge is -2.30. The molecule has 0 unspecified atom stereocenters. The van der Waals surface area contributed by atoms with Crippen LogP contribution in [0.2, 0.25) is 0 Å². The van der Waals surface area contributed by atoms with E-state index in [0.717, 1.165) is 34.6 Å². The number of rotatable bonds is 2. The van der Waals surface area contributed by atoms with E-state index in [4.69, 9.17) is 4.52 Å². The molecule has 5 nitrogen and oxygen atoms in total. The van der Waals surface area contributed by atoms with Gasteiger partial charge in [-0.25, -0.2) is 0 Å². The molecule has 20 heavy (non-hydrogen) atoms. The van der Waals surface area contributed by atoms with E-state index in [0.29, 0.717) is 11.7 Å². The summed E-state index contributed by atoms with van der Waals surface area (Å²) >= 11 is 4.86. The van der Waals surface area contributed by atoms with E-state index >= 15 is 0 Å². The molecule has 1 amide bonds. The number of amides is 1. The molecule has 1 saturated heterocycles. The summed E-state index contributed by atoms with van der Waals surface area (Å²) in [5.41, 5.74) is 0. The third-order valence-electron chi connectivity index (χ3n) is 3.46. The van der Waals surface area contributed by atoms with E-state index in [2.05, 4.69) is 26.1 Å². The minimum atomic E-state index is 0.112. The predicted molar refractivity (Wildman–Crippen MR) is 78.9 cm³/mol. The van der Waals surface area contributed by atoms with Crippen molar-refractivity contribution in [1.82, 2.24) is 15.0 Å². The minimum absolute atomic E-state index is 0.112. The van der Waals surface area contributed by atoms with Crippen LogP contribution < -0.4 is 0 Å². The first kappa shape index (κ1) is 13.8. The molecule has 3 rings (SSSR count). The maximum absolute atomic E-state index is 12.3. The van der Waals surface area contributed by atoms with Gasteiger partial charge in [0, 0.05) is 19.0 Å². The second-order valence-electron chi connectivity index (χ2n) is 4.85. The number of aryl methyl sites for hydroxylation is 1. The van der Waals surface area contributed by atoms with Crippen molar-refractivity contribution in [2.24, 2.45) is 0 Å². The zero-order valence-electron chi connectivity index (χ0n) is 11.0. The highest BCUT2D eigenvalue weighted by atomic mass is 79.9. The minimum Gasteiger partial charge on any atom is -0.339 e. The number of piperidine rings is 1. The molecule has 0 atom stereocenters. The molecular formula is C13H14BrN3O2S. The number of carbonyl (C=O) groups excluding carboxylic acids is 1. The van der Waals surface area contributed by atoms with Gasteiger partial charge in [-0.2, -0.15) is 4.98 Å². The third kappa shape index (κ3) is 2.78. The number of halogens is 1. The van der Waals surface area contributed by atoms with Crippen molar-refractivity contribution in [3.8, 4) is 0 Å². The summed E-state index contributed by atoms with van der Waals surface area (Å²) in [6.07, 6.45) is 1.75. The molecule has 1 aliphatic heterocycles. The third-order valence-corrected chi connectivity index (χ3v) is 5.07. The SMILES string of the molecule is Cc1noc(C2CCN(C(=O)c3ccc(Br)s3)CC2)n1. The smallest absolute Gasteiger partial charge is 0.263 e. The van der Waals surface area contributed by atoms with E-state index in [1.165, 1.54) is 11.3 Å². The van der Waals surface area contributed by atoms with Crippen LogP contribution in [0.4, 0.5) is 0 Å². The number of carbonyl (C=O) groups is 1. The Bertz CT molecular complexity index is 617. The van der Waals surface area contributed by atoms with Crippen LogP contribution in [-0.4, -0.2) is 34.0 Å². The Morgan fingerprint density at radius 1 is 1.45 bits per heavy atom. The first-order chi connectivity index (χ1) is 9.63. The Morgan fingerprint density at radius 2 is 2.20 bits per heavy atom. The second-order valence-corrected chi connectivity index (χ2v) is 7.31. The van der Waals surface area contributed by atoms with Crippen LogP contribution in [0.5, 0.6) is 0 Å². The van der Waals surface area contributed by atoms with Crippen LogP contribution in [0.3, 0.4) is 0 Å². The molecule has 0 radical (unpaired) electrons. The number of hydrogen-bond donors (Lipinski definition) is 0. The molecule has 0 bridgehead atoms. The lowest BCUT2D eigenvalue weighted by molar-refractivity contribution is 0.0709. The summed E-state index contributed by atoms with van der Waals surface area (Å²) in [6, 6.07) is 3.77. The average molecular weight is 356 g/mol. The van der Waals surface area contributed by atoms with Crippen LogP contribution in [-0.2, 0) is 0 Å². The van der Waals surface area contributed by atoms with Crippen molar-refractivity contribution in [3.63, 3.8) is 0 Å². The molecule has 1 aliphatic rings. The molecule has 106 valence electrons. The molecular weight excluding hydrogens is 342 g/mol. The van der Waals surface area contributed by atoms with Gasteiger partial charge in [0.25, 0.3) is 5.91 Å². The van der Waals surface area contributed by atoms with Gasteiger partial charge < -0.3 is 9.42 Å². The Hall–Kier alpha value is -1.21. The molecule has 0 spiro atoms. The fourth-order valence-electron chi connectivity index (χ4n) is 2.39. The summed E-state index contributed by atoms with van der Waals surface area (Å²) in [5, 5.41) is 3.83. The largest absolute Gasteiger partial charge is 0.339 e. The standard InChI is InChI=1S/C13H14BrN3O2S/c1-8-15-12(19-16-8)9-4-6-17(7-5-9)13(18)10-2-3-11(14)20-10/h2-3,9H,4-7H2,1H3. The molecule has 0 aromatic carbocycles. The van der Waals surface area contributed by atoms with Crippen molar-refractivity contribution in [2.75, 3.05) is 13.1 Å². The van der Waals surface area contributed by atoms with Crippen molar-refractivity contribution in [1.29, 1.82) is 0 Å². The number of aromatic nitrogens is 2. The quantitative estimate of drug-likeness (QED) is 0.829. The van der Waals surface area contributed by atoms with Gasteiger partial charge in [-0.1, -0.05) is 5.16 Å². The van der Waals surface area contributed by atoms with Gasteiger partial charge in [0.2, 0.25) is 5.89 Å². The van der Waals surface area contributed by atoms with Crippen molar-refractivity contribution >= 4 is 33.2 Å². The first-order valence-corrected chi connectivity index (χ1v) is 8.09. The fourth-order valence-corrected chi connectivity index (χ4v) is 3.75. The lowest BCUT2D eigenvalue weighted by atomic mass is 9.96. The van der Waals surface area contributed by atoms with E-state index in [1.807, 2.05) is 24.0 Å². The molecule has 2 aromatic rings. The van der Waals surface area contributed by atoms with Crippen molar-refractivity contribution in [2.45, 2.75) is 25.7 Å². The summed E-state index contributed by atoms with van der Waals surface area (Å²) in [6.45, 7) is 3.29. The predicted octanol–water partition coefficient (Wildman–Crippen LogP) is 3.22. The average Bonchev–Trinajstić information content (AvgIpc) is 3.07. The van der Waals surface area contributed by atoms with Crippen LogP contribution in [0, 0.1) is 6.92 Å². The lowest BCUT2D eigenvalue weighted by Crippen LogP contribution is -2.37. The van der Waals surface area contributed by atoms with Gasteiger partial charge in [0.05, 0.1) is 8.66 Å². The topological polar surface area (TPSA) is 59.2 Å². The summed E-state index contributed by atoms with van der Waals surface area (Å²) in [4.78, 5) is 19.3. The molecule has 0 aliphatic carbocycles. The zero-order valence-corrected chi connectivity index (χ0v) is 13.4. The highest BCUT2D eigenvalue weighted by Crippen LogP contribution is 2.29. The molecule has 3 heterocycles. The van der Waals surface area contributed by atoms with E-state index < -0.39 is 0 Å². The molecule has 1 fully saturated rings. The maximum atomic E-state index is 12.3. The number of hydrogen-bond acceptors (Lipinski definition) is 5. The molecule has 0 N–H and O–H groups in total. The van der Waals surface area contributed by atoms with Gasteiger partial charge in [0.1, 0.15) is 0 Å². The van der Waals surface area contributed by atoms with E-state index in [9.17, 15) is 4.79 Å². The highest BCUT2D eigenvalue weighted by Gasteiger charge is 2.28. The molecule has 2 aromatic heterocycles. The summed E-state index contributed by atoms with van der Waals surface area (Å²) in [5.74, 6) is 1.76. The van der Waals surface area contributed by atoms with Gasteiger partial charge in [-0.05, 0) is 47.8 Å². The van der Waals surface area contributed by atoms with Crippen LogP contribution in [0.1, 0.15) is 40.1 Å².